The molecular weight excluding hydrogens is 302 g/mol. The second-order valence-electron chi connectivity index (χ2n) is 4.34. The molecule has 1 atom stereocenters. The Balaban J connectivity index is 2.30. The van der Waals surface area contributed by atoms with Crippen molar-refractivity contribution in [2.45, 2.75) is 6.10 Å². The largest absolute Gasteiger partial charge is 0.491 e. The molecule has 0 heterocycles. The summed E-state index contributed by atoms with van der Waals surface area (Å²) in [6.07, 6.45) is 3.03. The van der Waals surface area contributed by atoms with Crippen LogP contribution in [-0.4, -0.2) is 45.9 Å². The molecule has 21 heavy (non-hydrogen) atoms. The van der Waals surface area contributed by atoms with Gasteiger partial charge in [-0.05, 0) is 12.1 Å². The van der Waals surface area contributed by atoms with Crippen molar-refractivity contribution in [3.63, 3.8) is 0 Å². The number of hydrogen-bond donors (Lipinski definition) is 1. The van der Waals surface area contributed by atoms with E-state index in [1.807, 2.05) is 35.2 Å². The van der Waals surface area contributed by atoms with Crippen LogP contribution in [-0.2, 0) is 0 Å². The van der Waals surface area contributed by atoms with Crippen molar-refractivity contribution in [3.05, 3.63) is 55.6 Å². The lowest BCUT2D eigenvalue weighted by molar-refractivity contribution is 0.126. The summed E-state index contributed by atoms with van der Waals surface area (Å²) in [5, 5.41) is 9.94. The van der Waals surface area contributed by atoms with Crippen LogP contribution < -0.4 is 4.74 Å². The van der Waals surface area contributed by atoms with Crippen molar-refractivity contribution in [2.75, 3.05) is 25.4 Å². The number of aliphatic hydroxyl groups excluding tert-OH is 1. The zero-order chi connectivity index (χ0) is 15.5. The molecule has 0 saturated heterocycles. The van der Waals surface area contributed by atoms with Gasteiger partial charge in [0.25, 0.3) is 0 Å². The first kappa shape index (κ1) is 17.8. The van der Waals surface area contributed by atoms with Gasteiger partial charge in [-0.25, -0.2) is 0 Å². The Kier molecular flexibility index (Phi) is 8.82. The standard InChI is InChI=1S/C16H21NO2S2/c1-3-10-17(11-4-2)16(20)21-13-14(18)12-19-15-8-6-5-7-9-15/h3-9,14,18H,1-2,10-13H2. The molecule has 0 amide bonds. The number of para-hydroxylation sites is 1. The highest BCUT2D eigenvalue weighted by molar-refractivity contribution is 8.22. The lowest BCUT2D eigenvalue weighted by Crippen LogP contribution is -2.29. The SMILES string of the molecule is C=CCN(CC=C)C(=S)SCC(O)COc1ccccc1. The maximum Gasteiger partial charge on any atom is 0.137 e. The van der Waals surface area contributed by atoms with Crippen molar-refractivity contribution < 1.29 is 9.84 Å². The predicted molar refractivity (Wildman–Crippen MR) is 95.0 cm³/mol. The number of benzene rings is 1. The van der Waals surface area contributed by atoms with Crippen LogP contribution in [0.5, 0.6) is 5.75 Å². The molecule has 0 fully saturated rings. The molecule has 0 radical (unpaired) electrons. The zero-order valence-electron chi connectivity index (χ0n) is 12.0. The number of aliphatic hydroxyl groups is 1. The third-order valence-corrected chi connectivity index (χ3v) is 4.21. The minimum atomic E-state index is -0.567. The maximum atomic E-state index is 9.94. The van der Waals surface area contributed by atoms with Crippen LogP contribution in [0.3, 0.4) is 0 Å². The quantitative estimate of drug-likeness (QED) is 0.558. The van der Waals surface area contributed by atoms with Gasteiger partial charge >= 0.3 is 0 Å². The summed E-state index contributed by atoms with van der Waals surface area (Å²) in [6, 6.07) is 9.44. The van der Waals surface area contributed by atoms with E-state index in [2.05, 4.69) is 13.2 Å². The number of nitrogens with zero attached hydrogens (tertiary/aromatic N) is 1. The summed E-state index contributed by atoms with van der Waals surface area (Å²) in [7, 11) is 0. The minimum Gasteiger partial charge on any atom is -0.491 e. The molecule has 114 valence electrons. The number of ether oxygens (including phenoxy) is 1. The van der Waals surface area contributed by atoms with E-state index < -0.39 is 6.10 Å². The van der Waals surface area contributed by atoms with Gasteiger partial charge in [-0.2, -0.15) is 0 Å². The van der Waals surface area contributed by atoms with E-state index in [-0.39, 0.29) is 6.61 Å². The van der Waals surface area contributed by atoms with Crippen molar-refractivity contribution in [1.29, 1.82) is 0 Å². The van der Waals surface area contributed by atoms with Crippen molar-refractivity contribution >= 4 is 28.3 Å². The van der Waals surface area contributed by atoms with Crippen LogP contribution in [0.1, 0.15) is 0 Å². The normalized spacial score (nSPS) is 11.5. The van der Waals surface area contributed by atoms with Gasteiger partial charge in [-0.1, -0.05) is 54.3 Å². The van der Waals surface area contributed by atoms with E-state index in [1.54, 1.807) is 12.2 Å². The van der Waals surface area contributed by atoms with Crippen LogP contribution in [0.2, 0.25) is 0 Å². The lowest BCUT2D eigenvalue weighted by Gasteiger charge is -2.22. The Hall–Kier alpha value is -1.30. The monoisotopic (exact) mass is 323 g/mol. The third-order valence-electron chi connectivity index (χ3n) is 2.54. The fourth-order valence-electron chi connectivity index (χ4n) is 1.55. The number of rotatable bonds is 9. The summed E-state index contributed by atoms with van der Waals surface area (Å²) < 4.78 is 6.23. The van der Waals surface area contributed by atoms with Crippen LogP contribution in [0.15, 0.2) is 55.6 Å². The Morgan fingerprint density at radius 3 is 2.48 bits per heavy atom. The average Bonchev–Trinajstić information content (AvgIpc) is 2.51. The Bertz CT molecular complexity index is 441. The molecule has 1 N–H and O–H groups in total. The summed E-state index contributed by atoms with van der Waals surface area (Å²) in [5.74, 6) is 1.25. The average molecular weight is 323 g/mol. The fourth-order valence-corrected chi connectivity index (χ4v) is 2.67. The predicted octanol–water partition coefficient (Wildman–Crippen LogP) is 3.12. The van der Waals surface area contributed by atoms with Gasteiger partial charge in [-0.3, -0.25) is 0 Å². The van der Waals surface area contributed by atoms with E-state index in [1.165, 1.54) is 11.8 Å². The Morgan fingerprint density at radius 1 is 1.29 bits per heavy atom. The molecule has 0 aliphatic carbocycles. The van der Waals surface area contributed by atoms with E-state index in [0.717, 1.165) is 10.1 Å². The molecule has 0 saturated carbocycles. The highest BCUT2D eigenvalue weighted by Gasteiger charge is 2.11. The first-order chi connectivity index (χ1) is 10.2. The maximum absolute atomic E-state index is 9.94. The smallest absolute Gasteiger partial charge is 0.137 e. The number of hydrogen-bond acceptors (Lipinski definition) is 4. The molecule has 1 rings (SSSR count). The summed E-state index contributed by atoms with van der Waals surface area (Å²) in [6.45, 7) is 9.02. The van der Waals surface area contributed by atoms with E-state index in [9.17, 15) is 5.11 Å². The van der Waals surface area contributed by atoms with Crippen LogP contribution in [0, 0.1) is 0 Å². The third kappa shape index (κ3) is 7.32. The van der Waals surface area contributed by atoms with Crippen LogP contribution in [0.25, 0.3) is 0 Å². The van der Waals surface area contributed by atoms with Gasteiger partial charge in [0.2, 0.25) is 0 Å². The van der Waals surface area contributed by atoms with Crippen LogP contribution in [0.4, 0.5) is 0 Å². The molecule has 0 aliphatic heterocycles. The molecule has 1 aromatic carbocycles. The first-order valence-electron chi connectivity index (χ1n) is 6.66. The molecule has 5 heteroatoms. The molecular formula is C16H21NO2S2. The second kappa shape index (κ2) is 10.4. The molecule has 0 bridgehead atoms. The molecule has 0 spiro atoms. The van der Waals surface area contributed by atoms with E-state index in [4.69, 9.17) is 17.0 Å². The van der Waals surface area contributed by atoms with Gasteiger partial charge < -0.3 is 14.7 Å². The van der Waals surface area contributed by atoms with Crippen molar-refractivity contribution in [3.8, 4) is 5.75 Å². The number of thioether (sulfide) groups is 1. The minimum absolute atomic E-state index is 0.253. The Morgan fingerprint density at radius 2 is 1.90 bits per heavy atom. The summed E-state index contributed by atoms with van der Waals surface area (Å²) in [4.78, 5) is 1.98. The lowest BCUT2D eigenvalue weighted by atomic mass is 10.3. The number of thiocarbonyl (C=S) groups is 1. The van der Waals surface area contributed by atoms with Gasteiger partial charge in [0.1, 0.15) is 16.7 Å². The van der Waals surface area contributed by atoms with Gasteiger partial charge in [0.15, 0.2) is 0 Å². The van der Waals surface area contributed by atoms with E-state index >= 15 is 0 Å². The molecule has 0 aliphatic rings. The van der Waals surface area contributed by atoms with Crippen LogP contribution >= 0.6 is 24.0 Å². The molecule has 1 aromatic rings. The molecule has 1 unspecified atom stereocenters. The molecule has 3 nitrogen and oxygen atoms in total. The molecule has 0 aromatic heterocycles. The first-order valence-corrected chi connectivity index (χ1v) is 8.06. The summed E-state index contributed by atoms with van der Waals surface area (Å²) in [5.41, 5.74) is 0. The highest BCUT2D eigenvalue weighted by Crippen LogP contribution is 2.13. The van der Waals surface area contributed by atoms with Gasteiger partial charge in [-0.15, -0.1) is 13.2 Å². The van der Waals surface area contributed by atoms with Gasteiger partial charge in [0, 0.05) is 18.8 Å². The Labute approximate surface area is 136 Å². The highest BCUT2D eigenvalue weighted by atomic mass is 32.2. The van der Waals surface area contributed by atoms with E-state index in [0.29, 0.717) is 18.8 Å². The topological polar surface area (TPSA) is 32.7 Å². The van der Waals surface area contributed by atoms with Crippen molar-refractivity contribution in [2.24, 2.45) is 0 Å². The fraction of sp³-hybridized carbons (Fsp3) is 0.312. The zero-order valence-corrected chi connectivity index (χ0v) is 13.6. The van der Waals surface area contributed by atoms with Gasteiger partial charge in [0.05, 0.1) is 6.10 Å². The summed E-state index contributed by atoms with van der Waals surface area (Å²) >= 11 is 6.78. The van der Waals surface area contributed by atoms with Crippen molar-refractivity contribution in [1.82, 2.24) is 4.90 Å². The second-order valence-corrected chi connectivity index (χ2v) is 5.99.